The van der Waals surface area contributed by atoms with Gasteiger partial charge in [-0.3, -0.25) is 9.59 Å². The summed E-state index contributed by atoms with van der Waals surface area (Å²) in [7, 11) is 0. The van der Waals surface area contributed by atoms with Gasteiger partial charge in [0.15, 0.2) is 6.61 Å². The molecule has 1 aliphatic rings. The summed E-state index contributed by atoms with van der Waals surface area (Å²) in [5, 5.41) is 8.99. The Hall–Kier alpha value is -2.57. The van der Waals surface area contributed by atoms with Crippen LogP contribution in [-0.4, -0.2) is 38.1 Å². The molecule has 7 heteroatoms. The van der Waals surface area contributed by atoms with Crippen LogP contribution in [0.15, 0.2) is 48.5 Å². The van der Waals surface area contributed by atoms with E-state index in [0.717, 1.165) is 42.7 Å². The number of nitrogens with one attached hydrogen (secondary N) is 3. The van der Waals surface area contributed by atoms with Crippen LogP contribution in [0, 0.1) is 12.8 Å². The maximum atomic E-state index is 12.0. The number of halogens is 1. The molecular weight excluding hydrogens is 390 g/mol. The molecule has 2 aromatic carbocycles. The molecule has 29 heavy (non-hydrogen) atoms. The number of rotatable bonds is 8. The number of benzene rings is 2. The predicted octanol–water partition coefficient (Wildman–Crippen LogP) is 2.70. The van der Waals surface area contributed by atoms with E-state index >= 15 is 0 Å². The molecule has 0 aromatic heterocycles. The fourth-order valence-electron chi connectivity index (χ4n) is 3.09. The Morgan fingerprint density at radius 3 is 2.48 bits per heavy atom. The first-order valence-electron chi connectivity index (χ1n) is 9.67. The molecule has 3 rings (SSSR count). The van der Waals surface area contributed by atoms with E-state index in [-0.39, 0.29) is 36.7 Å². The van der Waals surface area contributed by atoms with Crippen LogP contribution in [0.2, 0.25) is 0 Å². The SMILES string of the molecule is Cc1ccc(NC(=O)COc2ccc(CCNC(=O)C3CCNC3)cc2)cc1.Cl. The average Bonchev–Trinajstić information content (AvgIpc) is 3.24. The number of aryl methyl sites for hydroxylation is 1. The van der Waals surface area contributed by atoms with Crippen LogP contribution in [0.4, 0.5) is 5.69 Å². The number of hydrogen-bond donors (Lipinski definition) is 3. The minimum Gasteiger partial charge on any atom is -0.484 e. The van der Waals surface area contributed by atoms with Gasteiger partial charge in [0.05, 0.1) is 5.92 Å². The number of ether oxygens (including phenoxy) is 1. The van der Waals surface area contributed by atoms with Crippen LogP contribution in [0.25, 0.3) is 0 Å². The third kappa shape index (κ3) is 7.40. The number of hydrogen-bond acceptors (Lipinski definition) is 4. The first kappa shape index (κ1) is 22.7. The van der Waals surface area contributed by atoms with Crippen molar-refractivity contribution < 1.29 is 14.3 Å². The summed E-state index contributed by atoms with van der Waals surface area (Å²) in [6.45, 7) is 4.27. The van der Waals surface area contributed by atoms with Gasteiger partial charge in [0.1, 0.15) is 5.75 Å². The number of amides is 2. The lowest BCUT2D eigenvalue weighted by Gasteiger charge is -2.10. The molecule has 156 valence electrons. The maximum Gasteiger partial charge on any atom is 0.262 e. The summed E-state index contributed by atoms with van der Waals surface area (Å²) < 4.78 is 5.54. The van der Waals surface area contributed by atoms with E-state index in [9.17, 15) is 9.59 Å². The highest BCUT2D eigenvalue weighted by atomic mass is 35.5. The molecule has 0 saturated carbocycles. The normalized spacial score (nSPS) is 15.3. The number of carbonyl (C=O) groups is 2. The van der Waals surface area contributed by atoms with Crippen molar-refractivity contribution in [3.8, 4) is 5.75 Å². The molecule has 2 aromatic rings. The largest absolute Gasteiger partial charge is 0.484 e. The van der Waals surface area contributed by atoms with Crippen molar-refractivity contribution in [1.82, 2.24) is 10.6 Å². The third-order valence-corrected chi connectivity index (χ3v) is 4.77. The van der Waals surface area contributed by atoms with Gasteiger partial charge in [0.25, 0.3) is 5.91 Å². The highest BCUT2D eigenvalue weighted by Crippen LogP contribution is 2.13. The monoisotopic (exact) mass is 417 g/mol. The summed E-state index contributed by atoms with van der Waals surface area (Å²) in [6, 6.07) is 15.2. The molecule has 0 aliphatic carbocycles. The van der Waals surface area contributed by atoms with Crippen LogP contribution in [0.1, 0.15) is 17.5 Å². The minimum atomic E-state index is -0.197. The Morgan fingerprint density at radius 2 is 1.83 bits per heavy atom. The second-order valence-electron chi connectivity index (χ2n) is 7.08. The number of anilines is 1. The molecular formula is C22H28ClN3O3. The van der Waals surface area contributed by atoms with Gasteiger partial charge in [-0.15, -0.1) is 12.4 Å². The van der Waals surface area contributed by atoms with Gasteiger partial charge >= 0.3 is 0 Å². The molecule has 0 bridgehead atoms. The fraction of sp³-hybridized carbons (Fsp3) is 0.364. The van der Waals surface area contributed by atoms with Crippen molar-refractivity contribution >= 4 is 29.9 Å². The van der Waals surface area contributed by atoms with E-state index in [0.29, 0.717) is 12.3 Å². The fourth-order valence-corrected chi connectivity index (χ4v) is 3.09. The highest BCUT2D eigenvalue weighted by Gasteiger charge is 2.21. The summed E-state index contributed by atoms with van der Waals surface area (Å²) in [5.41, 5.74) is 3.01. The van der Waals surface area contributed by atoms with Crippen LogP contribution in [-0.2, 0) is 16.0 Å². The van der Waals surface area contributed by atoms with Crippen LogP contribution >= 0.6 is 12.4 Å². The van der Waals surface area contributed by atoms with Gasteiger partial charge in [-0.05, 0) is 56.1 Å². The Morgan fingerprint density at radius 1 is 1.10 bits per heavy atom. The van der Waals surface area contributed by atoms with Crippen LogP contribution in [0.5, 0.6) is 5.75 Å². The zero-order valence-corrected chi connectivity index (χ0v) is 17.4. The van der Waals surface area contributed by atoms with Gasteiger partial charge in [0.2, 0.25) is 5.91 Å². The lowest BCUT2D eigenvalue weighted by molar-refractivity contribution is -0.124. The molecule has 1 heterocycles. The van der Waals surface area contributed by atoms with E-state index in [1.807, 2.05) is 55.5 Å². The van der Waals surface area contributed by atoms with Crippen molar-refractivity contribution in [3.05, 3.63) is 59.7 Å². The van der Waals surface area contributed by atoms with E-state index < -0.39 is 0 Å². The Bertz CT molecular complexity index is 788. The smallest absolute Gasteiger partial charge is 0.262 e. The molecule has 0 spiro atoms. The van der Waals surface area contributed by atoms with E-state index in [4.69, 9.17) is 4.74 Å². The molecule has 1 unspecified atom stereocenters. The van der Waals surface area contributed by atoms with Crippen molar-refractivity contribution in [3.63, 3.8) is 0 Å². The van der Waals surface area contributed by atoms with Crippen LogP contribution in [0.3, 0.4) is 0 Å². The summed E-state index contributed by atoms with van der Waals surface area (Å²) in [4.78, 5) is 23.9. The van der Waals surface area contributed by atoms with E-state index in [2.05, 4.69) is 16.0 Å². The highest BCUT2D eigenvalue weighted by molar-refractivity contribution is 5.91. The average molecular weight is 418 g/mol. The summed E-state index contributed by atoms with van der Waals surface area (Å²) >= 11 is 0. The topological polar surface area (TPSA) is 79.5 Å². The van der Waals surface area contributed by atoms with Gasteiger partial charge in [-0.2, -0.15) is 0 Å². The molecule has 1 fully saturated rings. The molecule has 1 saturated heterocycles. The van der Waals surface area contributed by atoms with Crippen molar-refractivity contribution in [2.24, 2.45) is 5.92 Å². The maximum absolute atomic E-state index is 12.0. The van der Waals surface area contributed by atoms with E-state index in [1.54, 1.807) is 0 Å². The lowest BCUT2D eigenvalue weighted by Crippen LogP contribution is -2.33. The molecule has 1 aliphatic heterocycles. The Labute approximate surface area is 177 Å². The first-order chi connectivity index (χ1) is 13.6. The second-order valence-corrected chi connectivity index (χ2v) is 7.08. The van der Waals surface area contributed by atoms with Gasteiger partial charge in [0, 0.05) is 18.8 Å². The third-order valence-electron chi connectivity index (χ3n) is 4.77. The Balaban J connectivity index is 0.00000300. The predicted molar refractivity (Wildman–Crippen MR) is 117 cm³/mol. The van der Waals surface area contributed by atoms with Gasteiger partial charge in [-0.25, -0.2) is 0 Å². The molecule has 6 nitrogen and oxygen atoms in total. The lowest BCUT2D eigenvalue weighted by atomic mass is 10.1. The van der Waals surface area contributed by atoms with E-state index in [1.165, 1.54) is 0 Å². The second kappa shape index (κ2) is 11.4. The minimum absolute atomic E-state index is 0. The molecule has 2 amide bonds. The van der Waals surface area contributed by atoms with Crippen LogP contribution < -0.4 is 20.7 Å². The van der Waals surface area contributed by atoms with Crippen molar-refractivity contribution in [2.75, 3.05) is 31.6 Å². The zero-order valence-electron chi connectivity index (χ0n) is 16.6. The van der Waals surface area contributed by atoms with Crippen molar-refractivity contribution in [1.29, 1.82) is 0 Å². The molecule has 3 N–H and O–H groups in total. The Kier molecular flexibility index (Phi) is 8.96. The summed E-state index contributed by atoms with van der Waals surface area (Å²) in [5.74, 6) is 0.673. The summed E-state index contributed by atoms with van der Waals surface area (Å²) in [6.07, 6.45) is 1.68. The zero-order chi connectivity index (χ0) is 19.8. The van der Waals surface area contributed by atoms with Crippen molar-refractivity contribution in [2.45, 2.75) is 19.8 Å². The van der Waals surface area contributed by atoms with Gasteiger partial charge in [-0.1, -0.05) is 29.8 Å². The number of carbonyl (C=O) groups excluding carboxylic acids is 2. The molecule has 0 radical (unpaired) electrons. The first-order valence-corrected chi connectivity index (χ1v) is 9.67. The standard InChI is InChI=1S/C22H27N3O3.ClH/c1-16-2-6-19(7-3-16)25-21(26)15-28-20-8-4-17(5-9-20)10-13-24-22(27)18-11-12-23-14-18;/h2-9,18,23H,10-15H2,1H3,(H,24,27)(H,25,26);1H. The van der Waals surface area contributed by atoms with Gasteiger partial charge < -0.3 is 20.7 Å². The quantitative estimate of drug-likeness (QED) is 0.617. The molecule has 1 atom stereocenters.